The van der Waals surface area contributed by atoms with E-state index in [0.29, 0.717) is 36.0 Å². The van der Waals surface area contributed by atoms with Crippen molar-refractivity contribution >= 4 is 22.9 Å². The summed E-state index contributed by atoms with van der Waals surface area (Å²) < 4.78 is 32.9. The van der Waals surface area contributed by atoms with Crippen LogP contribution in [0.1, 0.15) is 158 Å². The third-order valence-electron chi connectivity index (χ3n) is 16.5. The molecule has 1 aromatic heterocycles. The van der Waals surface area contributed by atoms with Crippen LogP contribution in [0.4, 0.5) is 0 Å². The molecule has 11 nitrogen and oxygen atoms in total. The third-order valence-corrected chi connectivity index (χ3v) is 16.5. The number of ether oxygens (including phenoxy) is 4. The van der Waals surface area contributed by atoms with Gasteiger partial charge in [-0.15, -0.1) is 0 Å². The highest BCUT2D eigenvalue weighted by Gasteiger charge is 2.59. The van der Waals surface area contributed by atoms with E-state index in [2.05, 4.69) is 78.6 Å². The molecule has 3 N–H and O–H groups in total. The minimum absolute atomic E-state index is 0.0363. The van der Waals surface area contributed by atoms with E-state index < -0.39 is 54.7 Å². The van der Waals surface area contributed by atoms with Crippen LogP contribution in [0.5, 0.6) is 5.75 Å². The first kappa shape index (κ1) is 49.5. The normalized spacial score (nSPS) is 24.7. The summed E-state index contributed by atoms with van der Waals surface area (Å²) >= 11 is 0. The average molecular weight is 975 g/mol. The van der Waals surface area contributed by atoms with Crippen LogP contribution in [-0.2, 0) is 49.7 Å². The minimum atomic E-state index is -1.31. The zero-order valence-electron chi connectivity index (χ0n) is 41.5. The van der Waals surface area contributed by atoms with Crippen molar-refractivity contribution in [1.82, 2.24) is 0 Å². The van der Waals surface area contributed by atoms with Crippen molar-refractivity contribution in [2.24, 2.45) is 11.8 Å². The fourth-order valence-electron chi connectivity index (χ4n) is 13.0. The summed E-state index contributed by atoms with van der Waals surface area (Å²) in [5, 5.41) is 31.0. The second-order valence-electron chi connectivity index (χ2n) is 21.0. The van der Waals surface area contributed by atoms with E-state index in [1.165, 1.54) is 22.3 Å². The highest BCUT2D eigenvalue weighted by atomic mass is 16.6. The summed E-state index contributed by atoms with van der Waals surface area (Å²) in [6.07, 6.45) is 6.14. The molecular formula is C61H66O11. The van der Waals surface area contributed by atoms with Crippen LogP contribution in [-0.4, -0.2) is 59.0 Å². The Morgan fingerprint density at radius 2 is 1.68 bits per heavy atom. The SMILES string of the molecule is CC(C)=C1CCc2ccc3c(c2)CC#CCC2(C4CCCC4)Oc4ccc5c(CO)c(C(CCO)COCO)c(=O)oc5c4C(OC(=O)CC4CC(c5cccc(Cc6ccccc6)c5)CCC34)C2OC1=O. The number of benzene rings is 4. The van der Waals surface area contributed by atoms with Crippen molar-refractivity contribution in [2.75, 3.05) is 20.0 Å². The van der Waals surface area contributed by atoms with Crippen LogP contribution in [0.25, 0.3) is 11.0 Å². The molecule has 10 rings (SSSR count). The molecule has 7 atom stereocenters. The Morgan fingerprint density at radius 1 is 0.861 bits per heavy atom. The molecule has 7 unspecified atom stereocenters. The van der Waals surface area contributed by atoms with E-state index in [0.717, 1.165) is 68.1 Å². The Hall–Kier alpha value is -6.03. The molecule has 0 radical (unpaired) electrons. The van der Waals surface area contributed by atoms with Crippen LogP contribution >= 0.6 is 0 Å². The van der Waals surface area contributed by atoms with Gasteiger partial charge in [0.05, 0.1) is 25.2 Å². The Bertz CT molecular complexity index is 2970. The number of aryl methyl sites for hydroxylation is 1. The van der Waals surface area contributed by atoms with Crippen molar-refractivity contribution in [3.05, 3.63) is 157 Å². The second kappa shape index (κ2) is 21.6. The molecule has 72 heavy (non-hydrogen) atoms. The highest BCUT2D eigenvalue weighted by Crippen LogP contribution is 2.55. The van der Waals surface area contributed by atoms with Gasteiger partial charge in [0.15, 0.2) is 17.8 Å². The molecular weight excluding hydrogens is 909 g/mol. The molecule has 5 aromatic rings. The summed E-state index contributed by atoms with van der Waals surface area (Å²) in [7, 11) is 0. The third kappa shape index (κ3) is 9.79. The Kier molecular flexibility index (Phi) is 14.9. The molecule has 4 heterocycles. The number of hydrogen-bond acceptors (Lipinski definition) is 11. The van der Waals surface area contributed by atoms with Crippen molar-refractivity contribution in [2.45, 2.75) is 146 Å². The van der Waals surface area contributed by atoms with Gasteiger partial charge in [0.25, 0.3) is 0 Å². The fourth-order valence-corrected chi connectivity index (χ4v) is 13.0. The molecule has 376 valence electrons. The molecule has 5 aliphatic rings. The number of fused-ring (bicyclic) bond motifs is 9. The predicted molar refractivity (Wildman–Crippen MR) is 272 cm³/mol. The maximum absolute atomic E-state index is 15.4. The van der Waals surface area contributed by atoms with Crippen molar-refractivity contribution in [3.63, 3.8) is 0 Å². The fraction of sp³-hybridized carbons (Fsp3) is 0.459. The lowest BCUT2D eigenvalue weighted by atomic mass is 9.67. The number of carbonyl (C=O) groups is 2. The monoisotopic (exact) mass is 974 g/mol. The maximum Gasteiger partial charge on any atom is 0.340 e. The van der Waals surface area contributed by atoms with Gasteiger partial charge in [0.1, 0.15) is 18.1 Å². The van der Waals surface area contributed by atoms with Crippen LogP contribution < -0.4 is 10.4 Å². The Labute approximate surface area is 421 Å². The first-order chi connectivity index (χ1) is 35.1. The molecule has 5 bridgehead atoms. The topological polar surface area (TPSA) is 162 Å². The summed E-state index contributed by atoms with van der Waals surface area (Å²) in [6, 6.07) is 29.5. The van der Waals surface area contributed by atoms with Crippen molar-refractivity contribution in [3.8, 4) is 17.6 Å². The van der Waals surface area contributed by atoms with E-state index >= 15 is 9.59 Å². The van der Waals surface area contributed by atoms with Crippen molar-refractivity contribution < 1.29 is 48.3 Å². The molecule has 0 saturated heterocycles. The zero-order valence-corrected chi connectivity index (χ0v) is 41.5. The first-order valence-corrected chi connectivity index (χ1v) is 26.1. The second-order valence-corrected chi connectivity index (χ2v) is 21.0. The molecule has 2 aliphatic carbocycles. The van der Waals surface area contributed by atoms with Crippen LogP contribution in [0.3, 0.4) is 0 Å². The lowest BCUT2D eigenvalue weighted by molar-refractivity contribution is -0.201. The molecule has 0 amide bonds. The van der Waals surface area contributed by atoms with Gasteiger partial charge in [-0.25, -0.2) is 9.59 Å². The van der Waals surface area contributed by atoms with Gasteiger partial charge in [0.2, 0.25) is 0 Å². The van der Waals surface area contributed by atoms with Crippen LogP contribution in [0, 0.1) is 23.7 Å². The number of aliphatic hydroxyl groups is 3. The van der Waals surface area contributed by atoms with Gasteiger partial charge >= 0.3 is 17.6 Å². The lowest BCUT2D eigenvalue weighted by Crippen LogP contribution is -2.59. The van der Waals surface area contributed by atoms with Gasteiger partial charge in [-0.1, -0.05) is 103 Å². The molecule has 2 saturated carbocycles. The zero-order chi connectivity index (χ0) is 49.9. The van der Waals surface area contributed by atoms with Gasteiger partial charge in [-0.05, 0) is 140 Å². The standard InChI is InChI=1S/C61H66O11/c1-37(2)47-21-18-39-19-22-48-43(30-39)14-8-9-27-61(46-16-6-7-17-46)58(71-59(47)66)57(55-52(72-61)25-24-50-51(34-63)54(60(67)70-56(50)55)44(26-28-62)35-68-36-64)69-53(65)33-45-32-42(20-23-49(45)48)41-15-10-13-40(31-41)29-38-11-4-3-5-12-38/h3-5,10-13,15,19,22,24-25,30-31,42,44-46,49,57-58,62-64H,6-7,14,16-18,20-21,23,26-29,32-36H2,1-2H3. The lowest BCUT2D eigenvalue weighted by Gasteiger charge is -2.49. The summed E-state index contributed by atoms with van der Waals surface area (Å²) in [5.41, 5.74) is 7.09. The number of allylic oxidation sites excluding steroid dienone is 1. The van der Waals surface area contributed by atoms with Gasteiger partial charge < -0.3 is 38.7 Å². The first-order valence-electron chi connectivity index (χ1n) is 26.1. The highest BCUT2D eigenvalue weighted by molar-refractivity contribution is 5.90. The van der Waals surface area contributed by atoms with Crippen LogP contribution in [0.2, 0.25) is 0 Å². The quantitative estimate of drug-likeness (QED) is 0.0380. The van der Waals surface area contributed by atoms with E-state index in [9.17, 15) is 20.1 Å². The number of carbonyl (C=O) groups excluding carboxylic acids is 2. The minimum Gasteiger partial charge on any atom is -0.481 e. The molecule has 4 aromatic carbocycles. The maximum atomic E-state index is 15.4. The average Bonchev–Trinajstić information content (AvgIpc) is 3.93. The van der Waals surface area contributed by atoms with E-state index in [1.54, 1.807) is 12.1 Å². The van der Waals surface area contributed by atoms with Crippen molar-refractivity contribution in [1.29, 1.82) is 0 Å². The summed E-state index contributed by atoms with van der Waals surface area (Å²) in [5.74, 6) is 5.67. The smallest absolute Gasteiger partial charge is 0.340 e. The molecule has 3 aliphatic heterocycles. The van der Waals surface area contributed by atoms with E-state index in [-0.39, 0.29) is 78.4 Å². The summed E-state index contributed by atoms with van der Waals surface area (Å²) in [6.45, 7) is 2.24. The molecule has 2 fully saturated rings. The molecule has 0 spiro atoms. The predicted octanol–water partition coefficient (Wildman–Crippen LogP) is 10.1. The molecule has 11 heteroatoms. The van der Waals surface area contributed by atoms with E-state index in [4.69, 9.17) is 23.4 Å². The van der Waals surface area contributed by atoms with Gasteiger partial charge in [-0.3, -0.25) is 4.79 Å². The van der Waals surface area contributed by atoms with E-state index in [1.807, 2.05) is 19.9 Å². The number of rotatable bonds is 11. The van der Waals surface area contributed by atoms with Crippen LogP contribution in [0.15, 0.2) is 105 Å². The number of hydrogen-bond donors (Lipinski definition) is 3. The summed E-state index contributed by atoms with van der Waals surface area (Å²) in [4.78, 5) is 44.9. The Balaban J connectivity index is 1.15. The number of aliphatic hydroxyl groups excluding tert-OH is 3. The number of esters is 2. The van der Waals surface area contributed by atoms with Gasteiger partial charge in [-0.2, -0.15) is 0 Å². The van der Waals surface area contributed by atoms with Gasteiger partial charge in [0, 0.05) is 47.8 Å². The Morgan fingerprint density at radius 3 is 2.46 bits per heavy atom. The largest absolute Gasteiger partial charge is 0.481 e.